The summed E-state index contributed by atoms with van der Waals surface area (Å²) >= 11 is 3.73. The maximum atomic E-state index is 5.26. The first-order valence-electron chi connectivity index (χ1n) is 35.5. The second-order valence-electron chi connectivity index (χ2n) is 26.5. The highest BCUT2D eigenvalue weighted by Crippen LogP contribution is 2.45. The number of aromatic nitrogens is 8. The largest absolute Gasteiger partial charge is 0.309 e. The molecule has 0 aliphatic heterocycles. The first-order chi connectivity index (χ1) is 52.5. The molecule has 0 saturated heterocycles. The molecule has 0 radical (unpaired) electrons. The van der Waals surface area contributed by atoms with Crippen molar-refractivity contribution in [2.24, 2.45) is 0 Å². The van der Waals surface area contributed by atoms with E-state index in [-0.39, 0.29) is 0 Å². The van der Waals surface area contributed by atoms with Gasteiger partial charge in [0.25, 0.3) is 0 Å². The number of fused-ring (bicyclic) bond motifs is 12. The molecule has 10 heteroatoms. The molecule has 0 spiro atoms. The molecule has 0 amide bonds. The fourth-order valence-electron chi connectivity index (χ4n) is 15.1. The van der Waals surface area contributed by atoms with Crippen molar-refractivity contribution in [3.8, 4) is 113 Å². The molecule has 0 aliphatic carbocycles. The lowest BCUT2D eigenvalue weighted by Crippen LogP contribution is -2.06. The third kappa shape index (κ3) is 11.1. The molecule has 0 aliphatic rings. The van der Waals surface area contributed by atoms with Crippen molar-refractivity contribution in [3.05, 3.63) is 364 Å². The SMILES string of the molecule is c1ccc(-c2ccc(-c3nc(-c4cccc(-c5ccccc5)c4)nc(-n4c5ccccc5c5cc(-c6cccc7c6sc6ccccc67)ccc54)n3)cc2)cc1.c1ccc(-c2nc(-c3ccccc3)nc(-c3ccccc3-n3c4ccccc4c4cc(-c5cccc6c5sc5ccccc56)ccc43)n2)cc1. The molecule has 8 nitrogen and oxygen atoms in total. The molecule has 0 fully saturated rings. The molecule has 0 saturated carbocycles. The Morgan fingerprint density at radius 3 is 1.08 bits per heavy atom. The normalized spacial score (nSPS) is 11.6. The molecule has 0 bridgehead atoms. The zero-order valence-corrected chi connectivity index (χ0v) is 58.7. The Bertz CT molecular complexity index is 6890. The number of thiophene rings is 2. The van der Waals surface area contributed by atoms with Gasteiger partial charge in [-0.3, -0.25) is 4.57 Å². The van der Waals surface area contributed by atoms with Gasteiger partial charge < -0.3 is 4.57 Å². The zero-order chi connectivity index (χ0) is 70.0. The van der Waals surface area contributed by atoms with E-state index in [1.54, 1.807) is 0 Å². The highest BCUT2D eigenvalue weighted by molar-refractivity contribution is 7.26. The first kappa shape index (κ1) is 62.2. The van der Waals surface area contributed by atoms with Gasteiger partial charge in [0, 0.05) is 89.7 Å². The number of benzene rings is 15. The van der Waals surface area contributed by atoms with Crippen LogP contribution >= 0.6 is 22.7 Å². The van der Waals surface area contributed by atoms with Crippen molar-refractivity contribution in [1.82, 2.24) is 39.0 Å². The lowest BCUT2D eigenvalue weighted by atomic mass is 10.0. The molecule has 0 unspecified atom stereocenters. The molecule has 106 heavy (non-hydrogen) atoms. The summed E-state index contributed by atoms with van der Waals surface area (Å²) < 4.78 is 9.80. The highest BCUT2D eigenvalue weighted by Gasteiger charge is 2.23. The summed E-state index contributed by atoms with van der Waals surface area (Å²) in [7, 11) is 0. The van der Waals surface area contributed by atoms with Crippen LogP contribution in [0.5, 0.6) is 0 Å². The van der Waals surface area contributed by atoms with Gasteiger partial charge in [-0.2, -0.15) is 9.97 Å². The second-order valence-corrected chi connectivity index (χ2v) is 28.6. The average molecular weight is 1390 g/mol. The van der Waals surface area contributed by atoms with E-state index in [4.69, 9.17) is 29.9 Å². The minimum Gasteiger partial charge on any atom is -0.309 e. The maximum Gasteiger partial charge on any atom is 0.238 e. The summed E-state index contributed by atoms with van der Waals surface area (Å²) in [5.41, 5.74) is 19.5. The predicted octanol–water partition coefficient (Wildman–Crippen LogP) is 25.7. The molecule has 0 atom stereocenters. The van der Waals surface area contributed by atoms with Crippen LogP contribution in [-0.4, -0.2) is 39.0 Å². The van der Waals surface area contributed by atoms with Crippen LogP contribution < -0.4 is 0 Å². The number of rotatable bonds is 11. The van der Waals surface area contributed by atoms with Crippen molar-refractivity contribution in [3.63, 3.8) is 0 Å². The molecule has 6 aromatic heterocycles. The van der Waals surface area contributed by atoms with Gasteiger partial charge in [-0.25, -0.2) is 19.9 Å². The molecular weight excluding hydrogens is 1330 g/mol. The summed E-state index contributed by atoms with van der Waals surface area (Å²) in [5.74, 6) is 3.74. The van der Waals surface area contributed by atoms with Crippen molar-refractivity contribution >= 4 is 107 Å². The Balaban J connectivity index is 0.000000141. The average Bonchev–Trinajstić information content (AvgIpc) is 1.57. The van der Waals surface area contributed by atoms with Crippen molar-refractivity contribution in [2.75, 3.05) is 0 Å². The summed E-state index contributed by atoms with van der Waals surface area (Å²) in [5, 5.41) is 9.92. The van der Waals surface area contributed by atoms with Gasteiger partial charge in [0.15, 0.2) is 29.1 Å². The second kappa shape index (κ2) is 26.3. The Labute approximate surface area is 618 Å². The minimum atomic E-state index is 0.577. The van der Waals surface area contributed by atoms with Crippen molar-refractivity contribution in [1.29, 1.82) is 0 Å². The summed E-state index contributed by atoms with van der Waals surface area (Å²) in [6.45, 7) is 0. The Kier molecular flexibility index (Phi) is 15.4. The molecule has 496 valence electrons. The van der Waals surface area contributed by atoms with Gasteiger partial charge in [-0.15, -0.1) is 22.7 Å². The highest BCUT2D eigenvalue weighted by atomic mass is 32.1. The number of hydrogen-bond donors (Lipinski definition) is 0. The van der Waals surface area contributed by atoms with Gasteiger partial charge in [0.05, 0.1) is 27.8 Å². The van der Waals surface area contributed by atoms with Crippen LogP contribution in [0.15, 0.2) is 364 Å². The fourth-order valence-corrected chi connectivity index (χ4v) is 17.6. The first-order valence-corrected chi connectivity index (χ1v) is 37.1. The molecule has 0 N–H and O–H groups in total. The Morgan fingerprint density at radius 2 is 0.528 bits per heavy atom. The standard InChI is InChI=1S/C51H32N4S.C45H28N4S/c1-3-13-33(14-4-1)35-25-27-36(28-26-35)49-52-50(39-18-11-17-37(31-39)34-15-5-2-6-16-34)54-51(53-49)55-45-23-9-7-19-41(45)44-32-38(29-30-46(44)55)40-21-12-22-43-42-20-8-10-24-47(42)56-48(40)43;1-3-14-29(15-4-1)43-46-44(30-16-5-2-6-17-30)48-45(47-43)36-20-8-11-24-39(36)49-38-23-10-7-18-33(38)37-28-31(26-27-40(37)49)32-21-13-22-35-34-19-9-12-25-41(34)50-42(32)35/h1-32H;1-28H. The smallest absolute Gasteiger partial charge is 0.238 e. The molecule has 6 heterocycles. The molecular formula is C96H60N8S2. The van der Waals surface area contributed by atoms with Crippen LogP contribution in [0.4, 0.5) is 0 Å². The third-order valence-electron chi connectivity index (χ3n) is 20.2. The van der Waals surface area contributed by atoms with Gasteiger partial charge in [0.1, 0.15) is 0 Å². The lowest BCUT2D eigenvalue weighted by Gasteiger charge is -2.14. The van der Waals surface area contributed by atoms with E-state index in [0.717, 1.165) is 83.0 Å². The number of hydrogen-bond acceptors (Lipinski definition) is 8. The molecule has 15 aromatic carbocycles. The van der Waals surface area contributed by atoms with Gasteiger partial charge in [0.2, 0.25) is 5.95 Å². The van der Waals surface area contributed by atoms with E-state index >= 15 is 0 Å². The Hall–Kier alpha value is -13.6. The topological polar surface area (TPSA) is 87.2 Å². The number of para-hydroxylation sites is 3. The lowest BCUT2D eigenvalue weighted by molar-refractivity contribution is 0.953. The van der Waals surface area contributed by atoms with Crippen LogP contribution in [0.25, 0.3) is 197 Å². The van der Waals surface area contributed by atoms with E-state index in [2.05, 4.69) is 300 Å². The van der Waals surface area contributed by atoms with Crippen LogP contribution in [0, 0.1) is 0 Å². The van der Waals surface area contributed by atoms with Gasteiger partial charge in [-0.05, 0) is 111 Å². The van der Waals surface area contributed by atoms with E-state index < -0.39 is 0 Å². The van der Waals surface area contributed by atoms with Crippen molar-refractivity contribution < 1.29 is 0 Å². The van der Waals surface area contributed by atoms with Crippen LogP contribution in [0.1, 0.15) is 0 Å². The summed E-state index contributed by atoms with van der Waals surface area (Å²) in [6, 6.07) is 128. The minimum absolute atomic E-state index is 0.577. The van der Waals surface area contributed by atoms with E-state index in [1.165, 1.54) is 78.9 Å². The van der Waals surface area contributed by atoms with Gasteiger partial charge in [-0.1, -0.05) is 297 Å². The fraction of sp³-hybridized carbons (Fsp3) is 0. The summed E-state index contributed by atoms with van der Waals surface area (Å²) in [4.78, 5) is 30.8. The molecule has 21 rings (SSSR count). The summed E-state index contributed by atoms with van der Waals surface area (Å²) in [6.07, 6.45) is 0. The maximum absolute atomic E-state index is 5.26. The zero-order valence-electron chi connectivity index (χ0n) is 57.0. The molecule has 21 aromatic rings. The van der Waals surface area contributed by atoms with Crippen LogP contribution in [0.3, 0.4) is 0 Å². The quantitative estimate of drug-likeness (QED) is 0.128. The van der Waals surface area contributed by atoms with Crippen LogP contribution in [0.2, 0.25) is 0 Å². The van der Waals surface area contributed by atoms with E-state index in [9.17, 15) is 0 Å². The van der Waals surface area contributed by atoms with E-state index in [0.29, 0.717) is 35.1 Å². The Morgan fingerprint density at radius 1 is 0.189 bits per heavy atom. The van der Waals surface area contributed by atoms with Crippen molar-refractivity contribution in [2.45, 2.75) is 0 Å². The third-order valence-corrected chi connectivity index (χ3v) is 22.6. The monoisotopic (exact) mass is 1390 g/mol. The predicted molar refractivity (Wildman–Crippen MR) is 443 cm³/mol. The van der Waals surface area contributed by atoms with Crippen LogP contribution in [-0.2, 0) is 0 Å². The van der Waals surface area contributed by atoms with Gasteiger partial charge >= 0.3 is 0 Å². The van der Waals surface area contributed by atoms with E-state index in [1.807, 2.05) is 95.5 Å². The number of nitrogens with zero attached hydrogens (tertiary/aromatic N) is 8.